The second-order valence-electron chi connectivity index (χ2n) is 9.14. The summed E-state index contributed by atoms with van der Waals surface area (Å²) in [5, 5.41) is 22.5. The monoisotopic (exact) mass is 438 g/mol. The molecule has 6 heteroatoms. The highest BCUT2D eigenvalue weighted by atomic mass is 16.7. The highest BCUT2D eigenvalue weighted by Crippen LogP contribution is 2.34. The number of unbranched alkanes of at least 4 members (excludes halogenated alkanes) is 1. The molecule has 0 aliphatic carbocycles. The van der Waals surface area contributed by atoms with Crippen LogP contribution in [0.15, 0.2) is 24.3 Å². The molecule has 0 spiro atoms. The lowest BCUT2D eigenvalue weighted by molar-refractivity contribution is -0.261. The van der Waals surface area contributed by atoms with Gasteiger partial charge in [0.1, 0.15) is 6.10 Å². The van der Waals surface area contributed by atoms with E-state index in [2.05, 4.69) is 27.7 Å². The van der Waals surface area contributed by atoms with E-state index in [4.69, 9.17) is 14.2 Å². The van der Waals surface area contributed by atoms with Crippen molar-refractivity contribution in [3.8, 4) is 0 Å². The highest BCUT2D eigenvalue weighted by molar-refractivity contribution is 5.81. The molecule has 1 aromatic carbocycles. The zero-order valence-corrected chi connectivity index (χ0v) is 20.3. The number of hydrogen-bond acceptors (Lipinski definition) is 6. The van der Waals surface area contributed by atoms with Crippen molar-refractivity contribution in [1.82, 2.24) is 0 Å². The van der Waals surface area contributed by atoms with Gasteiger partial charge in [0.05, 0.1) is 6.61 Å². The summed E-state index contributed by atoms with van der Waals surface area (Å²) < 4.78 is 16.2. The highest BCUT2D eigenvalue weighted by Gasteiger charge is 2.54. The van der Waals surface area contributed by atoms with Gasteiger partial charge < -0.3 is 24.4 Å². The fourth-order valence-electron chi connectivity index (χ4n) is 3.49. The third-order valence-electron chi connectivity index (χ3n) is 5.72. The van der Waals surface area contributed by atoms with E-state index in [9.17, 15) is 15.0 Å². The van der Waals surface area contributed by atoms with Crippen LogP contribution in [0, 0.1) is 5.92 Å². The SMILES string of the molecule is CCCCC(CC)COC(=O)C(O)(C(OC)OCC)C(O)c1ccc(C(C)(C)C)cc1. The second-order valence-corrected chi connectivity index (χ2v) is 9.14. The van der Waals surface area contributed by atoms with E-state index in [1.165, 1.54) is 7.11 Å². The molecule has 31 heavy (non-hydrogen) atoms. The van der Waals surface area contributed by atoms with Crippen molar-refractivity contribution in [1.29, 1.82) is 0 Å². The molecule has 1 rings (SSSR count). The summed E-state index contributed by atoms with van der Waals surface area (Å²) in [6.07, 6.45) is 0.951. The molecule has 1 aromatic rings. The van der Waals surface area contributed by atoms with Crippen molar-refractivity contribution in [2.45, 2.75) is 90.6 Å². The lowest BCUT2D eigenvalue weighted by atomic mass is 9.84. The first-order valence-electron chi connectivity index (χ1n) is 11.4. The van der Waals surface area contributed by atoms with Crippen molar-refractivity contribution in [3.05, 3.63) is 35.4 Å². The van der Waals surface area contributed by atoms with E-state index in [1.807, 2.05) is 19.1 Å². The summed E-state index contributed by atoms with van der Waals surface area (Å²) in [6.45, 7) is 12.5. The quantitative estimate of drug-likeness (QED) is 0.348. The Kier molecular flexibility index (Phi) is 11.1. The Morgan fingerprint density at radius 2 is 1.71 bits per heavy atom. The molecule has 0 saturated carbocycles. The molecule has 0 aliphatic heterocycles. The lowest BCUT2D eigenvalue weighted by Gasteiger charge is -2.36. The van der Waals surface area contributed by atoms with Gasteiger partial charge in [-0.15, -0.1) is 0 Å². The van der Waals surface area contributed by atoms with Crippen molar-refractivity contribution in [2.24, 2.45) is 5.92 Å². The number of aliphatic hydroxyl groups is 2. The van der Waals surface area contributed by atoms with Crippen LogP contribution in [0.3, 0.4) is 0 Å². The van der Waals surface area contributed by atoms with E-state index in [1.54, 1.807) is 19.1 Å². The maximum absolute atomic E-state index is 13.1. The molecule has 4 atom stereocenters. The topological polar surface area (TPSA) is 85.2 Å². The number of rotatable bonds is 13. The molecule has 6 nitrogen and oxygen atoms in total. The second kappa shape index (κ2) is 12.5. The third-order valence-corrected chi connectivity index (χ3v) is 5.72. The zero-order valence-electron chi connectivity index (χ0n) is 20.3. The summed E-state index contributed by atoms with van der Waals surface area (Å²) in [6, 6.07) is 7.17. The molecule has 0 amide bonds. The van der Waals surface area contributed by atoms with Gasteiger partial charge in [-0.2, -0.15) is 0 Å². The van der Waals surface area contributed by atoms with Crippen molar-refractivity contribution in [2.75, 3.05) is 20.3 Å². The Morgan fingerprint density at radius 3 is 2.16 bits per heavy atom. The minimum absolute atomic E-state index is 0.0627. The number of ether oxygens (including phenoxy) is 3. The van der Waals surface area contributed by atoms with E-state index < -0.39 is 24.0 Å². The molecule has 0 aromatic heterocycles. The molecular weight excluding hydrogens is 396 g/mol. The number of hydrogen-bond donors (Lipinski definition) is 2. The first kappa shape index (κ1) is 27.6. The summed E-state index contributed by atoms with van der Waals surface area (Å²) in [5.41, 5.74) is -1.01. The average molecular weight is 439 g/mol. The van der Waals surface area contributed by atoms with E-state index in [0.29, 0.717) is 5.56 Å². The third kappa shape index (κ3) is 7.28. The van der Waals surface area contributed by atoms with Crippen LogP contribution < -0.4 is 0 Å². The molecule has 0 fully saturated rings. The predicted molar refractivity (Wildman–Crippen MR) is 122 cm³/mol. The molecule has 4 unspecified atom stereocenters. The Labute approximate surface area is 187 Å². The minimum Gasteiger partial charge on any atom is -0.463 e. The first-order valence-corrected chi connectivity index (χ1v) is 11.4. The first-order chi connectivity index (χ1) is 14.6. The van der Waals surface area contributed by atoms with Gasteiger partial charge in [0.15, 0.2) is 6.29 Å². The van der Waals surface area contributed by atoms with Crippen LogP contribution in [0.25, 0.3) is 0 Å². The summed E-state index contributed by atoms with van der Waals surface area (Å²) in [4.78, 5) is 13.1. The number of carbonyl (C=O) groups excluding carboxylic acids is 1. The van der Waals surface area contributed by atoms with Crippen LogP contribution in [-0.2, 0) is 24.4 Å². The van der Waals surface area contributed by atoms with E-state index in [0.717, 1.165) is 31.2 Å². The smallest absolute Gasteiger partial charge is 0.346 e. The maximum atomic E-state index is 13.1. The molecule has 0 bridgehead atoms. The number of aliphatic hydroxyl groups excluding tert-OH is 1. The largest absolute Gasteiger partial charge is 0.463 e. The minimum atomic E-state index is -2.41. The van der Waals surface area contributed by atoms with Gasteiger partial charge in [-0.1, -0.05) is 78.1 Å². The molecule has 0 heterocycles. The Bertz CT molecular complexity index is 651. The average Bonchev–Trinajstić information content (AvgIpc) is 2.75. The molecule has 178 valence electrons. The van der Waals surface area contributed by atoms with Crippen molar-refractivity contribution < 1.29 is 29.2 Å². The van der Waals surface area contributed by atoms with Crippen LogP contribution in [0.4, 0.5) is 0 Å². The Morgan fingerprint density at radius 1 is 1.10 bits per heavy atom. The van der Waals surface area contributed by atoms with E-state index >= 15 is 0 Å². The fraction of sp³-hybridized carbons (Fsp3) is 0.720. The number of benzene rings is 1. The predicted octanol–water partition coefficient (Wildman–Crippen LogP) is 4.52. The standard InChI is InChI=1S/C25H42O6/c1-8-11-12-18(9-2)17-31-22(27)25(28,23(29-7)30-10-3)21(26)19-13-15-20(16-14-19)24(4,5)6/h13-16,18,21,23,26,28H,8-12,17H2,1-7H3. The van der Waals surface area contributed by atoms with Crippen LogP contribution in [0.2, 0.25) is 0 Å². The summed E-state index contributed by atoms with van der Waals surface area (Å²) in [7, 11) is 1.32. The van der Waals surface area contributed by atoms with Gasteiger partial charge in [-0.3, -0.25) is 0 Å². The molecular formula is C25H42O6. The molecule has 0 saturated heterocycles. The van der Waals surface area contributed by atoms with Crippen molar-refractivity contribution >= 4 is 5.97 Å². The molecule has 0 aliphatic rings. The maximum Gasteiger partial charge on any atom is 0.346 e. The van der Waals surface area contributed by atoms with Gasteiger partial charge in [-0.25, -0.2) is 4.79 Å². The van der Waals surface area contributed by atoms with Gasteiger partial charge in [0.2, 0.25) is 5.60 Å². The Balaban J connectivity index is 3.17. The fourth-order valence-corrected chi connectivity index (χ4v) is 3.49. The number of carbonyl (C=O) groups is 1. The zero-order chi connectivity index (χ0) is 23.7. The van der Waals surface area contributed by atoms with Gasteiger partial charge in [0, 0.05) is 13.7 Å². The van der Waals surface area contributed by atoms with E-state index in [-0.39, 0.29) is 24.5 Å². The Hall–Kier alpha value is -1.47. The van der Waals surface area contributed by atoms with Crippen molar-refractivity contribution in [3.63, 3.8) is 0 Å². The van der Waals surface area contributed by atoms with Crippen LogP contribution in [0.5, 0.6) is 0 Å². The van der Waals surface area contributed by atoms with Crippen LogP contribution in [-0.4, -0.2) is 48.4 Å². The van der Waals surface area contributed by atoms with Crippen LogP contribution >= 0.6 is 0 Å². The molecule has 2 N–H and O–H groups in total. The van der Waals surface area contributed by atoms with Gasteiger partial charge >= 0.3 is 5.97 Å². The van der Waals surface area contributed by atoms with Crippen LogP contribution in [0.1, 0.15) is 84.5 Å². The summed E-state index contributed by atoms with van der Waals surface area (Å²) in [5.74, 6) is -0.750. The number of esters is 1. The summed E-state index contributed by atoms with van der Waals surface area (Å²) >= 11 is 0. The molecule has 0 radical (unpaired) electrons. The van der Waals surface area contributed by atoms with Gasteiger partial charge in [0.25, 0.3) is 0 Å². The number of methoxy groups -OCH3 is 1. The lowest BCUT2D eigenvalue weighted by Crippen LogP contribution is -2.57. The van der Waals surface area contributed by atoms with Gasteiger partial charge in [-0.05, 0) is 35.8 Å². The normalized spacial score (nSPS) is 16.9.